The van der Waals surface area contributed by atoms with E-state index in [0.29, 0.717) is 23.0 Å². The SMILES string of the molecule is C[C@@]12CC[C@H]3[C@@H](CC=C4CC5(CC[C@@]43C)OCCO5)[C@H]1CCC2=O. The highest BCUT2D eigenvalue weighted by molar-refractivity contribution is 5.87. The maximum Gasteiger partial charge on any atom is 0.172 e. The van der Waals surface area contributed by atoms with Crippen LogP contribution < -0.4 is 0 Å². The number of hydrogen-bond donors (Lipinski definition) is 0. The summed E-state index contributed by atoms with van der Waals surface area (Å²) in [5.74, 6) is 2.31. The summed E-state index contributed by atoms with van der Waals surface area (Å²) in [5.41, 5.74) is 1.87. The van der Waals surface area contributed by atoms with E-state index in [9.17, 15) is 4.79 Å². The standard InChI is InChI=1S/C21H30O3/c1-19-9-10-21(23-11-12-24-21)13-14(19)3-4-15-16-5-6-18(22)20(16,2)8-7-17(15)19/h3,15-17H,4-13H2,1-2H3/t15-,16+,17-,19-,20+/m0/s1. The largest absolute Gasteiger partial charge is 0.347 e. The van der Waals surface area contributed by atoms with Gasteiger partial charge in [-0.15, -0.1) is 0 Å². The third-order valence-electron chi connectivity index (χ3n) is 8.63. The highest BCUT2D eigenvalue weighted by Crippen LogP contribution is 2.65. The van der Waals surface area contributed by atoms with Crippen molar-refractivity contribution in [3.63, 3.8) is 0 Å². The molecule has 3 heteroatoms. The average Bonchev–Trinajstić information content (AvgIpc) is 3.14. The molecule has 1 aliphatic heterocycles. The Morgan fingerprint density at radius 3 is 2.54 bits per heavy atom. The van der Waals surface area contributed by atoms with Crippen LogP contribution in [0.4, 0.5) is 0 Å². The van der Waals surface area contributed by atoms with E-state index in [0.717, 1.165) is 51.2 Å². The minimum atomic E-state index is -0.315. The Labute approximate surface area is 145 Å². The third kappa shape index (κ3) is 1.89. The van der Waals surface area contributed by atoms with E-state index in [-0.39, 0.29) is 11.2 Å². The van der Waals surface area contributed by atoms with Gasteiger partial charge in [0, 0.05) is 24.7 Å². The molecule has 0 unspecified atom stereocenters. The van der Waals surface area contributed by atoms with Gasteiger partial charge in [-0.2, -0.15) is 0 Å². The lowest BCUT2D eigenvalue weighted by atomic mass is 9.48. The van der Waals surface area contributed by atoms with Crippen molar-refractivity contribution in [2.45, 2.75) is 71.0 Å². The lowest BCUT2D eigenvalue weighted by Gasteiger charge is -2.57. The fourth-order valence-electron chi connectivity index (χ4n) is 7.12. The smallest absolute Gasteiger partial charge is 0.172 e. The number of fused-ring (bicyclic) bond motifs is 5. The summed E-state index contributed by atoms with van der Waals surface area (Å²) < 4.78 is 12.0. The molecule has 3 saturated carbocycles. The van der Waals surface area contributed by atoms with Gasteiger partial charge in [0.15, 0.2) is 5.79 Å². The maximum absolute atomic E-state index is 12.5. The van der Waals surface area contributed by atoms with E-state index < -0.39 is 0 Å². The second-order valence-electron chi connectivity index (χ2n) is 9.46. The molecule has 4 fully saturated rings. The Bertz CT molecular complexity index is 602. The number of ether oxygens (including phenoxy) is 2. The molecule has 5 rings (SSSR count). The molecule has 5 aliphatic rings. The van der Waals surface area contributed by atoms with Gasteiger partial charge >= 0.3 is 0 Å². The highest BCUT2D eigenvalue weighted by Gasteiger charge is 2.60. The van der Waals surface area contributed by atoms with Crippen molar-refractivity contribution in [2.24, 2.45) is 28.6 Å². The fourth-order valence-corrected chi connectivity index (χ4v) is 7.12. The van der Waals surface area contributed by atoms with Crippen molar-refractivity contribution in [3.05, 3.63) is 11.6 Å². The van der Waals surface area contributed by atoms with Crippen LogP contribution in [-0.4, -0.2) is 24.8 Å². The van der Waals surface area contributed by atoms with Crippen molar-refractivity contribution < 1.29 is 14.3 Å². The molecule has 0 aromatic carbocycles. The molecule has 3 nitrogen and oxygen atoms in total. The Morgan fingerprint density at radius 2 is 1.75 bits per heavy atom. The van der Waals surface area contributed by atoms with Gasteiger partial charge in [-0.25, -0.2) is 0 Å². The Balaban J connectivity index is 1.47. The first-order valence-electron chi connectivity index (χ1n) is 9.98. The average molecular weight is 330 g/mol. The minimum absolute atomic E-state index is 0.0174. The molecule has 24 heavy (non-hydrogen) atoms. The normalized spacial score (nSPS) is 49.5. The molecule has 4 aliphatic carbocycles. The quantitative estimate of drug-likeness (QED) is 0.623. The fraction of sp³-hybridized carbons (Fsp3) is 0.857. The topological polar surface area (TPSA) is 35.5 Å². The van der Waals surface area contributed by atoms with Crippen molar-refractivity contribution in [1.82, 2.24) is 0 Å². The van der Waals surface area contributed by atoms with Crippen molar-refractivity contribution in [1.29, 1.82) is 0 Å². The lowest BCUT2D eigenvalue weighted by molar-refractivity contribution is -0.185. The molecule has 1 spiro atoms. The number of ketones is 1. The zero-order valence-electron chi connectivity index (χ0n) is 15.1. The predicted molar refractivity (Wildman–Crippen MR) is 91.3 cm³/mol. The van der Waals surface area contributed by atoms with Crippen LogP contribution in [0.2, 0.25) is 0 Å². The molecule has 0 bridgehead atoms. The summed E-state index contributed by atoms with van der Waals surface area (Å²) in [4.78, 5) is 12.5. The minimum Gasteiger partial charge on any atom is -0.347 e. The van der Waals surface area contributed by atoms with Crippen LogP contribution >= 0.6 is 0 Å². The summed E-state index contributed by atoms with van der Waals surface area (Å²) in [6, 6.07) is 0. The van der Waals surface area contributed by atoms with Crippen molar-refractivity contribution >= 4 is 5.78 Å². The van der Waals surface area contributed by atoms with Crippen molar-refractivity contribution in [2.75, 3.05) is 13.2 Å². The summed E-state index contributed by atoms with van der Waals surface area (Å²) in [6.45, 7) is 6.26. The molecule has 1 saturated heterocycles. The van der Waals surface area contributed by atoms with Crippen LogP contribution in [0.5, 0.6) is 0 Å². The summed E-state index contributed by atoms with van der Waals surface area (Å²) in [5, 5.41) is 0. The molecule has 0 radical (unpaired) electrons. The van der Waals surface area contributed by atoms with E-state index in [4.69, 9.17) is 9.47 Å². The van der Waals surface area contributed by atoms with Crippen LogP contribution in [0.1, 0.15) is 65.2 Å². The number of carbonyl (C=O) groups is 1. The monoisotopic (exact) mass is 330 g/mol. The van der Waals surface area contributed by atoms with E-state index >= 15 is 0 Å². The van der Waals surface area contributed by atoms with Gasteiger partial charge in [0.25, 0.3) is 0 Å². The van der Waals surface area contributed by atoms with Gasteiger partial charge in [0.05, 0.1) is 13.2 Å². The summed E-state index contributed by atoms with van der Waals surface area (Å²) in [7, 11) is 0. The van der Waals surface area contributed by atoms with Crippen LogP contribution in [-0.2, 0) is 14.3 Å². The van der Waals surface area contributed by atoms with Crippen LogP contribution in [0.25, 0.3) is 0 Å². The van der Waals surface area contributed by atoms with Crippen LogP contribution in [0.3, 0.4) is 0 Å². The zero-order valence-corrected chi connectivity index (χ0v) is 15.1. The molecular weight excluding hydrogens is 300 g/mol. The van der Waals surface area contributed by atoms with Crippen LogP contribution in [0, 0.1) is 28.6 Å². The number of Topliss-reactive ketones (excluding diaryl/α,β-unsaturated/α-hetero) is 1. The van der Waals surface area contributed by atoms with Gasteiger partial charge in [-0.05, 0) is 55.3 Å². The number of allylic oxidation sites excluding steroid dienone is 1. The molecule has 0 amide bonds. The van der Waals surface area contributed by atoms with Gasteiger partial charge < -0.3 is 9.47 Å². The first kappa shape index (κ1) is 15.6. The number of carbonyl (C=O) groups excluding carboxylic acids is 1. The first-order valence-corrected chi connectivity index (χ1v) is 9.98. The molecule has 0 N–H and O–H groups in total. The maximum atomic E-state index is 12.5. The van der Waals surface area contributed by atoms with E-state index in [1.165, 1.54) is 19.3 Å². The second-order valence-corrected chi connectivity index (χ2v) is 9.46. The number of rotatable bonds is 0. The summed E-state index contributed by atoms with van der Waals surface area (Å²) >= 11 is 0. The third-order valence-corrected chi connectivity index (χ3v) is 8.63. The summed E-state index contributed by atoms with van der Waals surface area (Å²) in [6.07, 6.45) is 11.1. The van der Waals surface area contributed by atoms with E-state index in [2.05, 4.69) is 19.9 Å². The molecule has 0 aromatic heterocycles. The lowest BCUT2D eigenvalue weighted by Crippen LogP contribution is -2.52. The molecule has 0 aromatic rings. The van der Waals surface area contributed by atoms with Gasteiger partial charge in [0.2, 0.25) is 0 Å². The second kappa shape index (κ2) is 4.94. The van der Waals surface area contributed by atoms with E-state index in [1.807, 2.05) is 0 Å². The van der Waals surface area contributed by atoms with Gasteiger partial charge in [-0.1, -0.05) is 25.5 Å². The van der Waals surface area contributed by atoms with Crippen molar-refractivity contribution in [3.8, 4) is 0 Å². The Kier molecular flexibility index (Phi) is 3.21. The molecule has 132 valence electrons. The molecule has 1 heterocycles. The predicted octanol–water partition coefficient (Wildman–Crippen LogP) is 4.26. The highest BCUT2D eigenvalue weighted by atomic mass is 16.7. The Hall–Kier alpha value is -0.670. The Morgan fingerprint density at radius 1 is 1.00 bits per heavy atom. The number of hydrogen-bond acceptors (Lipinski definition) is 3. The van der Waals surface area contributed by atoms with Crippen LogP contribution in [0.15, 0.2) is 11.6 Å². The zero-order chi connectivity index (χ0) is 16.6. The molecular formula is C21H30O3. The van der Waals surface area contributed by atoms with Gasteiger partial charge in [-0.3, -0.25) is 4.79 Å². The van der Waals surface area contributed by atoms with E-state index in [1.54, 1.807) is 5.57 Å². The molecule has 5 atom stereocenters. The van der Waals surface area contributed by atoms with Gasteiger partial charge in [0.1, 0.15) is 5.78 Å². The first-order chi connectivity index (χ1) is 11.5.